The SMILES string of the molecule is CC(C)[C@H](NS(=O)(=O)c1ccc2c(c1)OCCCO2)C(=O)N1CCN(Cc2ccncc2)CC1. The Morgan fingerprint density at radius 3 is 2.38 bits per heavy atom. The Morgan fingerprint density at radius 2 is 1.71 bits per heavy atom. The second kappa shape index (κ2) is 10.7. The van der Waals surface area contributed by atoms with Gasteiger partial charge in [-0.2, -0.15) is 4.72 Å². The van der Waals surface area contributed by atoms with E-state index in [0.29, 0.717) is 37.8 Å². The highest BCUT2D eigenvalue weighted by Crippen LogP contribution is 2.32. The molecule has 10 heteroatoms. The lowest BCUT2D eigenvalue weighted by Gasteiger charge is -2.37. The van der Waals surface area contributed by atoms with Gasteiger partial charge in [-0.1, -0.05) is 13.8 Å². The van der Waals surface area contributed by atoms with Crippen LogP contribution in [0.3, 0.4) is 0 Å². The van der Waals surface area contributed by atoms with E-state index < -0.39 is 16.1 Å². The van der Waals surface area contributed by atoms with Crippen molar-refractivity contribution in [2.45, 2.75) is 37.8 Å². The summed E-state index contributed by atoms with van der Waals surface area (Å²) in [5, 5.41) is 0. The topological polar surface area (TPSA) is 101 Å². The number of sulfonamides is 1. The molecule has 34 heavy (non-hydrogen) atoms. The molecule has 184 valence electrons. The number of carbonyl (C=O) groups excluding carboxylic acids is 1. The molecule has 0 aliphatic carbocycles. The molecule has 0 spiro atoms. The van der Waals surface area contributed by atoms with Crippen LogP contribution < -0.4 is 14.2 Å². The molecule has 1 atom stereocenters. The molecule has 0 unspecified atom stereocenters. The Labute approximate surface area is 201 Å². The molecule has 1 aromatic heterocycles. The molecular formula is C24H32N4O5S. The molecule has 9 nitrogen and oxygen atoms in total. The van der Waals surface area contributed by atoms with Gasteiger partial charge in [-0.3, -0.25) is 14.7 Å². The summed E-state index contributed by atoms with van der Waals surface area (Å²) >= 11 is 0. The minimum Gasteiger partial charge on any atom is -0.490 e. The predicted octanol–water partition coefficient (Wildman–Crippen LogP) is 1.89. The fourth-order valence-electron chi connectivity index (χ4n) is 4.09. The zero-order valence-corrected chi connectivity index (χ0v) is 20.5. The maximum atomic E-state index is 13.3. The van der Waals surface area contributed by atoms with E-state index in [9.17, 15) is 13.2 Å². The maximum Gasteiger partial charge on any atom is 0.241 e. The van der Waals surface area contributed by atoms with Crippen LogP contribution in [0.15, 0.2) is 47.6 Å². The van der Waals surface area contributed by atoms with Crippen LogP contribution in [0.4, 0.5) is 0 Å². The van der Waals surface area contributed by atoms with E-state index in [1.54, 1.807) is 23.4 Å². The molecule has 0 bridgehead atoms. The van der Waals surface area contributed by atoms with E-state index in [1.807, 2.05) is 26.0 Å². The normalized spacial score (nSPS) is 17.9. The lowest BCUT2D eigenvalue weighted by molar-refractivity contribution is -0.135. The van der Waals surface area contributed by atoms with Crippen LogP contribution in [0.1, 0.15) is 25.8 Å². The largest absolute Gasteiger partial charge is 0.490 e. The summed E-state index contributed by atoms with van der Waals surface area (Å²) < 4.78 is 40.2. The van der Waals surface area contributed by atoms with E-state index in [-0.39, 0.29) is 16.7 Å². The smallest absolute Gasteiger partial charge is 0.241 e. The second-order valence-electron chi connectivity index (χ2n) is 8.96. The highest BCUT2D eigenvalue weighted by atomic mass is 32.2. The second-order valence-corrected chi connectivity index (χ2v) is 10.7. The van der Waals surface area contributed by atoms with Gasteiger partial charge in [0.15, 0.2) is 11.5 Å². The zero-order chi connectivity index (χ0) is 24.1. The quantitative estimate of drug-likeness (QED) is 0.635. The fraction of sp³-hybridized carbons (Fsp3) is 0.500. The van der Waals surface area contributed by atoms with Crippen LogP contribution in [0.5, 0.6) is 11.5 Å². The van der Waals surface area contributed by atoms with Crippen LogP contribution in [-0.2, 0) is 21.4 Å². The van der Waals surface area contributed by atoms with Crippen LogP contribution in [0.25, 0.3) is 0 Å². The van der Waals surface area contributed by atoms with Gasteiger partial charge < -0.3 is 14.4 Å². The summed E-state index contributed by atoms with van der Waals surface area (Å²) in [5.74, 6) is 0.518. The van der Waals surface area contributed by atoms with Gasteiger partial charge in [-0.05, 0) is 35.7 Å². The summed E-state index contributed by atoms with van der Waals surface area (Å²) in [6.07, 6.45) is 4.28. The molecule has 2 aromatic rings. The van der Waals surface area contributed by atoms with Gasteiger partial charge in [0.25, 0.3) is 0 Å². The number of hydrogen-bond acceptors (Lipinski definition) is 7. The summed E-state index contributed by atoms with van der Waals surface area (Å²) in [7, 11) is -3.93. The summed E-state index contributed by atoms with van der Waals surface area (Å²) in [4.78, 5) is 21.5. The first-order valence-electron chi connectivity index (χ1n) is 11.7. The third-order valence-electron chi connectivity index (χ3n) is 6.08. The number of aromatic nitrogens is 1. The van der Waals surface area contributed by atoms with Crippen LogP contribution in [-0.4, -0.2) is 74.5 Å². The van der Waals surface area contributed by atoms with Crippen LogP contribution in [0.2, 0.25) is 0 Å². The number of benzene rings is 1. The maximum absolute atomic E-state index is 13.3. The average molecular weight is 489 g/mol. The minimum atomic E-state index is -3.93. The minimum absolute atomic E-state index is 0.0531. The predicted molar refractivity (Wildman–Crippen MR) is 127 cm³/mol. The van der Waals surface area contributed by atoms with Crippen molar-refractivity contribution in [2.75, 3.05) is 39.4 Å². The molecule has 1 N–H and O–H groups in total. The molecule has 3 heterocycles. The summed E-state index contributed by atoms with van der Waals surface area (Å²) in [6.45, 7) is 8.05. The van der Waals surface area contributed by atoms with Crippen molar-refractivity contribution in [3.63, 3.8) is 0 Å². The van der Waals surface area contributed by atoms with E-state index in [0.717, 1.165) is 26.1 Å². The highest BCUT2D eigenvalue weighted by molar-refractivity contribution is 7.89. The number of piperazine rings is 1. The molecule has 1 saturated heterocycles. The molecule has 4 rings (SSSR count). The number of nitrogens with zero attached hydrogens (tertiary/aromatic N) is 3. The first-order chi connectivity index (χ1) is 16.3. The lowest BCUT2D eigenvalue weighted by Crippen LogP contribution is -2.56. The molecule has 0 radical (unpaired) electrons. The summed E-state index contributed by atoms with van der Waals surface area (Å²) in [5.41, 5.74) is 1.18. The number of nitrogens with one attached hydrogen (secondary N) is 1. The number of carbonyl (C=O) groups is 1. The van der Waals surface area contributed by atoms with Gasteiger partial charge in [0, 0.05) is 57.6 Å². The van der Waals surface area contributed by atoms with E-state index >= 15 is 0 Å². The molecule has 1 aromatic carbocycles. The summed E-state index contributed by atoms with van der Waals surface area (Å²) in [6, 6.07) is 7.66. The van der Waals surface area contributed by atoms with Gasteiger partial charge in [0.2, 0.25) is 15.9 Å². The van der Waals surface area contributed by atoms with Crippen molar-refractivity contribution in [3.8, 4) is 11.5 Å². The van der Waals surface area contributed by atoms with E-state index in [1.165, 1.54) is 17.7 Å². The lowest BCUT2D eigenvalue weighted by atomic mass is 10.0. The van der Waals surface area contributed by atoms with Gasteiger partial charge in [0.1, 0.15) is 6.04 Å². The first-order valence-corrected chi connectivity index (χ1v) is 13.1. The van der Waals surface area contributed by atoms with Crippen molar-refractivity contribution in [2.24, 2.45) is 5.92 Å². The number of hydrogen-bond donors (Lipinski definition) is 1. The third kappa shape index (κ3) is 5.86. The molecule has 1 amide bonds. The average Bonchev–Trinajstić information content (AvgIpc) is 3.08. The van der Waals surface area contributed by atoms with Crippen LogP contribution >= 0.6 is 0 Å². The van der Waals surface area contributed by atoms with Gasteiger partial charge in [-0.25, -0.2) is 8.42 Å². The number of pyridine rings is 1. The Morgan fingerprint density at radius 1 is 1.03 bits per heavy atom. The Kier molecular flexibility index (Phi) is 7.70. The Bertz CT molecular complexity index is 1090. The van der Waals surface area contributed by atoms with Crippen molar-refractivity contribution in [1.29, 1.82) is 0 Å². The Balaban J connectivity index is 1.41. The van der Waals surface area contributed by atoms with Crippen molar-refractivity contribution >= 4 is 15.9 Å². The van der Waals surface area contributed by atoms with E-state index in [4.69, 9.17) is 9.47 Å². The first kappa shape index (κ1) is 24.4. The van der Waals surface area contributed by atoms with Crippen LogP contribution in [0, 0.1) is 5.92 Å². The fourth-order valence-corrected chi connectivity index (χ4v) is 5.44. The number of rotatable bonds is 7. The number of fused-ring (bicyclic) bond motifs is 1. The zero-order valence-electron chi connectivity index (χ0n) is 19.6. The molecule has 1 fully saturated rings. The molecule has 0 saturated carbocycles. The van der Waals surface area contributed by atoms with Gasteiger partial charge >= 0.3 is 0 Å². The Hall–Kier alpha value is -2.69. The van der Waals surface area contributed by atoms with Gasteiger partial charge in [0.05, 0.1) is 18.1 Å². The highest BCUT2D eigenvalue weighted by Gasteiger charge is 2.33. The third-order valence-corrected chi connectivity index (χ3v) is 7.52. The molecular weight excluding hydrogens is 456 g/mol. The van der Waals surface area contributed by atoms with Gasteiger partial charge in [-0.15, -0.1) is 0 Å². The monoisotopic (exact) mass is 488 g/mol. The van der Waals surface area contributed by atoms with Crippen molar-refractivity contribution in [1.82, 2.24) is 19.5 Å². The molecule has 2 aliphatic rings. The van der Waals surface area contributed by atoms with Crippen molar-refractivity contribution in [3.05, 3.63) is 48.3 Å². The van der Waals surface area contributed by atoms with E-state index in [2.05, 4.69) is 14.6 Å². The van der Waals surface area contributed by atoms with Crippen molar-refractivity contribution < 1.29 is 22.7 Å². The standard InChI is InChI=1S/C24H32N4O5S/c1-18(2)23(24(29)28-12-10-27(11-13-28)17-19-6-8-25-9-7-19)26-34(30,31)20-4-5-21-22(16-20)33-15-3-14-32-21/h4-9,16,18,23,26H,3,10-15,17H2,1-2H3/t23-/m0/s1. The number of amides is 1. The molecule has 2 aliphatic heterocycles. The number of ether oxygens (including phenoxy) is 2.